The molecule has 0 saturated carbocycles. The lowest BCUT2D eigenvalue weighted by molar-refractivity contribution is -0.116. The summed E-state index contributed by atoms with van der Waals surface area (Å²) < 4.78 is 44.7. The maximum Gasteiger partial charge on any atom is 0.243 e. The zero-order chi connectivity index (χ0) is 19.4. The monoisotopic (exact) mass is 396 g/mol. The highest BCUT2D eigenvalue weighted by atomic mass is 32.2. The molecule has 0 radical (unpaired) electrons. The van der Waals surface area contributed by atoms with Crippen LogP contribution in [0.1, 0.15) is 12.2 Å². The molecule has 1 aliphatic heterocycles. The maximum atomic E-state index is 13.3. The number of piperazine rings is 1. The third-order valence-electron chi connectivity index (χ3n) is 4.32. The number of aromatic nitrogens is 1. The molecule has 8 nitrogen and oxygen atoms in total. The third kappa shape index (κ3) is 4.90. The van der Waals surface area contributed by atoms with Crippen LogP contribution < -0.4 is 5.32 Å². The van der Waals surface area contributed by atoms with Gasteiger partial charge in [-0.15, -0.1) is 0 Å². The second-order valence-electron chi connectivity index (χ2n) is 6.32. The first kappa shape index (κ1) is 19.5. The van der Waals surface area contributed by atoms with E-state index in [-0.39, 0.29) is 17.2 Å². The van der Waals surface area contributed by atoms with E-state index >= 15 is 0 Å². The molecule has 0 atom stereocenters. The lowest BCUT2D eigenvalue weighted by Crippen LogP contribution is -2.49. The van der Waals surface area contributed by atoms with Gasteiger partial charge in [0.2, 0.25) is 15.9 Å². The number of nitrogens with zero attached hydrogens (tertiary/aromatic N) is 3. The fourth-order valence-electron chi connectivity index (χ4n) is 2.86. The lowest BCUT2D eigenvalue weighted by atomic mass is 10.3. The number of carbonyl (C=O) groups is 1. The van der Waals surface area contributed by atoms with Crippen LogP contribution in [0.3, 0.4) is 0 Å². The van der Waals surface area contributed by atoms with Crippen molar-refractivity contribution in [3.63, 3.8) is 0 Å². The summed E-state index contributed by atoms with van der Waals surface area (Å²) in [6.07, 6.45) is 0.266. The second kappa shape index (κ2) is 8.15. The van der Waals surface area contributed by atoms with Crippen molar-refractivity contribution in [3.8, 4) is 0 Å². The normalized spacial score (nSPS) is 16.4. The Labute approximate surface area is 157 Å². The van der Waals surface area contributed by atoms with Gasteiger partial charge in [-0.2, -0.15) is 4.31 Å². The number of benzene rings is 1. The highest BCUT2D eigenvalue weighted by molar-refractivity contribution is 7.89. The van der Waals surface area contributed by atoms with Gasteiger partial charge in [0.25, 0.3) is 0 Å². The summed E-state index contributed by atoms with van der Waals surface area (Å²) in [5.41, 5.74) is 0. The van der Waals surface area contributed by atoms with Gasteiger partial charge >= 0.3 is 0 Å². The number of halogens is 1. The van der Waals surface area contributed by atoms with Gasteiger partial charge in [-0.1, -0.05) is 11.2 Å². The van der Waals surface area contributed by atoms with E-state index in [1.54, 1.807) is 13.0 Å². The molecule has 1 saturated heterocycles. The number of carbonyl (C=O) groups excluding carboxylic acids is 1. The summed E-state index contributed by atoms with van der Waals surface area (Å²) >= 11 is 0. The Morgan fingerprint density at radius 2 is 2.00 bits per heavy atom. The van der Waals surface area contributed by atoms with Gasteiger partial charge in [0.1, 0.15) is 11.6 Å². The predicted octanol–water partition coefficient (Wildman–Crippen LogP) is 1.46. The van der Waals surface area contributed by atoms with Crippen LogP contribution in [0.25, 0.3) is 0 Å². The summed E-state index contributed by atoms with van der Waals surface area (Å²) in [5.74, 6) is 0.227. The fraction of sp³-hybridized carbons (Fsp3) is 0.412. The maximum absolute atomic E-state index is 13.3. The van der Waals surface area contributed by atoms with Crippen molar-refractivity contribution in [1.29, 1.82) is 0 Å². The van der Waals surface area contributed by atoms with E-state index in [0.717, 1.165) is 6.07 Å². The van der Waals surface area contributed by atoms with Crippen molar-refractivity contribution in [2.24, 2.45) is 0 Å². The molecule has 27 heavy (non-hydrogen) atoms. The van der Waals surface area contributed by atoms with E-state index in [1.165, 1.54) is 22.5 Å². The molecule has 2 aromatic rings. The number of nitrogens with one attached hydrogen (secondary N) is 1. The molecule has 1 N–H and O–H groups in total. The zero-order valence-corrected chi connectivity index (χ0v) is 15.7. The Morgan fingerprint density at radius 3 is 2.63 bits per heavy atom. The van der Waals surface area contributed by atoms with Crippen molar-refractivity contribution >= 4 is 21.7 Å². The third-order valence-corrected chi connectivity index (χ3v) is 6.21. The highest BCUT2D eigenvalue weighted by Crippen LogP contribution is 2.18. The average Bonchev–Trinajstić information content (AvgIpc) is 3.05. The Balaban J connectivity index is 1.48. The van der Waals surface area contributed by atoms with Crippen LogP contribution in [-0.2, 0) is 14.8 Å². The van der Waals surface area contributed by atoms with E-state index in [9.17, 15) is 17.6 Å². The van der Waals surface area contributed by atoms with Crippen LogP contribution in [0, 0.1) is 12.7 Å². The van der Waals surface area contributed by atoms with Gasteiger partial charge in [-0.05, 0) is 25.1 Å². The molecule has 1 amide bonds. The zero-order valence-electron chi connectivity index (χ0n) is 14.9. The standard InChI is InChI=1S/C17H21FN4O4S/c1-13-11-16(20-26-13)19-17(23)5-6-21-7-9-22(10-8-21)27(24,25)15-4-2-3-14(18)12-15/h2-4,11-12H,5-10H2,1H3,(H,19,20,23). The molecular weight excluding hydrogens is 375 g/mol. The van der Waals surface area contributed by atoms with Crippen molar-refractivity contribution < 1.29 is 22.1 Å². The molecule has 1 aliphatic rings. The number of hydrogen-bond acceptors (Lipinski definition) is 6. The van der Waals surface area contributed by atoms with Gasteiger partial charge in [-0.25, -0.2) is 12.8 Å². The molecule has 3 rings (SSSR count). The number of rotatable bonds is 6. The molecular formula is C17H21FN4O4S. The number of sulfonamides is 1. The molecule has 146 valence electrons. The molecule has 0 aliphatic carbocycles. The largest absolute Gasteiger partial charge is 0.360 e. The summed E-state index contributed by atoms with van der Waals surface area (Å²) in [7, 11) is -3.71. The quantitative estimate of drug-likeness (QED) is 0.794. The first-order valence-electron chi connectivity index (χ1n) is 8.56. The Bertz CT molecular complexity index is 907. The minimum Gasteiger partial charge on any atom is -0.360 e. The summed E-state index contributed by atoms with van der Waals surface area (Å²) in [4.78, 5) is 13.9. The minimum atomic E-state index is -3.71. The van der Waals surface area contributed by atoms with Crippen LogP contribution in [0.15, 0.2) is 39.8 Å². The van der Waals surface area contributed by atoms with Crippen LogP contribution >= 0.6 is 0 Å². The molecule has 2 heterocycles. The first-order valence-corrected chi connectivity index (χ1v) is 10.00. The predicted molar refractivity (Wildman–Crippen MR) is 96.1 cm³/mol. The minimum absolute atomic E-state index is 0.0433. The average molecular weight is 396 g/mol. The van der Waals surface area contributed by atoms with Crippen molar-refractivity contribution in [2.45, 2.75) is 18.2 Å². The molecule has 0 unspecified atom stereocenters. The van der Waals surface area contributed by atoms with Crippen molar-refractivity contribution in [2.75, 3.05) is 38.0 Å². The van der Waals surface area contributed by atoms with Gasteiger partial charge in [0.05, 0.1) is 4.90 Å². The number of amides is 1. The SMILES string of the molecule is Cc1cc(NC(=O)CCN2CCN(S(=O)(=O)c3cccc(F)c3)CC2)no1. The molecule has 10 heteroatoms. The molecule has 0 spiro atoms. The smallest absolute Gasteiger partial charge is 0.243 e. The molecule has 1 aromatic carbocycles. The van der Waals surface area contributed by atoms with Crippen LogP contribution in [0.4, 0.5) is 10.2 Å². The topological polar surface area (TPSA) is 95.8 Å². The molecule has 1 fully saturated rings. The second-order valence-corrected chi connectivity index (χ2v) is 8.26. The van der Waals surface area contributed by atoms with Crippen LogP contribution in [0.5, 0.6) is 0 Å². The highest BCUT2D eigenvalue weighted by Gasteiger charge is 2.28. The number of aryl methyl sites for hydroxylation is 1. The lowest BCUT2D eigenvalue weighted by Gasteiger charge is -2.33. The Hall–Kier alpha value is -2.30. The Morgan fingerprint density at radius 1 is 1.26 bits per heavy atom. The summed E-state index contributed by atoms with van der Waals surface area (Å²) in [5, 5.41) is 6.35. The van der Waals surface area contributed by atoms with Crippen LogP contribution in [0.2, 0.25) is 0 Å². The van der Waals surface area contributed by atoms with Gasteiger partial charge in [-0.3, -0.25) is 4.79 Å². The van der Waals surface area contributed by atoms with Gasteiger partial charge < -0.3 is 14.7 Å². The van der Waals surface area contributed by atoms with E-state index < -0.39 is 15.8 Å². The fourth-order valence-corrected chi connectivity index (χ4v) is 4.31. The summed E-state index contributed by atoms with van der Waals surface area (Å²) in [6, 6.07) is 6.64. The number of anilines is 1. The number of hydrogen-bond donors (Lipinski definition) is 1. The van der Waals surface area contributed by atoms with E-state index in [2.05, 4.69) is 10.5 Å². The van der Waals surface area contributed by atoms with Gasteiger partial charge in [0.15, 0.2) is 5.82 Å². The summed E-state index contributed by atoms with van der Waals surface area (Å²) in [6.45, 7) is 3.85. The van der Waals surface area contributed by atoms with Crippen LogP contribution in [-0.4, -0.2) is 61.4 Å². The Kier molecular flexibility index (Phi) is 5.88. The van der Waals surface area contributed by atoms with E-state index in [0.29, 0.717) is 44.3 Å². The van der Waals surface area contributed by atoms with Crippen molar-refractivity contribution in [1.82, 2.24) is 14.4 Å². The molecule has 1 aromatic heterocycles. The first-order chi connectivity index (χ1) is 12.8. The molecule has 0 bridgehead atoms. The van der Waals surface area contributed by atoms with E-state index in [4.69, 9.17) is 4.52 Å². The van der Waals surface area contributed by atoms with Gasteiger partial charge in [0, 0.05) is 45.2 Å². The van der Waals surface area contributed by atoms with E-state index in [1.807, 2.05) is 4.90 Å². The van der Waals surface area contributed by atoms with Crippen molar-refractivity contribution in [3.05, 3.63) is 41.9 Å².